The van der Waals surface area contributed by atoms with E-state index in [4.69, 9.17) is 0 Å². The van der Waals surface area contributed by atoms with Gasteiger partial charge in [0.1, 0.15) is 0 Å². The van der Waals surface area contributed by atoms with Crippen LogP contribution in [0.3, 0.4) is 0 Å². The van der Waals surface area contributed by atoms with Gasteiger partial charge >= 0.3 is 0 Å². The summed E-state index contributed by atoms with van der Waals surface area (Å²) in [6.45, 7) is 2.69. The maximum atomic E-state index is 13.1. The minimum atomic E-state index is -3.70. The molecule has 4 rings (SSSR count). The molecular formula is C22H24N2O4S2. The number of amides is 2. The fraction of sp³-hybridized carbons (Fsp3) is 0.364. The maximum Gasteiger partial charge on any atom is 0.225 e. The summed E-state index contributed by atoms with van der Waals surface area (Å²) in [6, 6.07) is 12.8. The number of rotatable bonds is 4. The average molecular weight is 445 g/mol. The summed E-state index contributed by atoms with van der Waals surface area (Å²) in [5.41, 5.74) is 2.88. The summed E-state index contributed by atoms with van der Waals surface area (Å²) in [5, 5.41) is 1.92. The third kappa shape index (κ3) is 4.25. The number of nitrogens with one attached hydrogen (secondary N) is 1. The number of carbonyl (C=O) groups excluding carboxylic acids is 2. The van der Waals surface area contributed by atoms with Gasteiger partial charge in [-0.1, -0.05) is 24.3 Å². The minimum Gasteiger partial charge on any atom is -0.338 e. The van der Waals surface area contributed by atoms with Crippen molar-refractivity contribution in [3.05, 3.63) is 53.6 Å². The summed E-state index contributed by atoms with van der Waals surface area (Å²) >= 11 is 1.53. The quantitative estimate of drug-likeness (QED) is 0.783. The zero-order valence-corrected chi connectivity index (χ0v) is 18.4. The topological polar surface area (TPSA) is 83.6 Å². The molecule has 0 aliphatic carbocycles. The lowest BCUT2D eigenvalue weighted by Gasteiger charge is -2.29. The third-order valence-corrected chi connectivity index (χ3v) is 8.83. The predicted molar refractivity (Wildman–Crippen MR) is 117 cm³/mol. The largest absolute Gasteiger partial charge is 0.338 e. The highest BCUT2D eigenvalue weighted by Gasteiger charge is 2.30. The second kappa shape index (κ2) is 8.43. The van der Waals surface area contributed by atoms with E-state index in [9.17, 15) is 18.0 Å². The van der Waals surface area contributed by atoms with Crippen LogP contribution in [0.5, 0.6) is 0 Å². The van der Waals surface area contributed by atoms with Gasteiger partial charge in [-0.05, 0) is 42.7 Å². The van der Waals surface area contributed by atoms with E-state index in [1.54, 1.807) is 24.0 Å². The van der Waals surface area contributed by atoms with E-state index >= 15 is 0 Å². The molecule has 2 aliphatic rings. The Labute approximate surface area is 181 Å². The standard InChI is InChI=1S/C22H24N2O4S2/c1-15(12-22(26)24-10-8-16-4-2-3-5-17(16)14-24)30(27,28)18-6-7-20-19(13-18)23-21(25)9-11-29-20/h2-7,13,15H,8-12,14H2,1H3,(H,23,25)/t15-/m0/s1. The molecular weight excluding hydrogens is 420 g/mol. The molecule has 8 heteroatoms. The first-order valence-electron chi connectivity index (χ1n) is 10.00. The molecule has 2 heterocycles. The first kappa shape index (κ1) is 20.9. The summed E-state index contributed by atoms with van der Waals surface area (Å²) in [7, 11) is -3.70. The average Bonchev–Trinajstić information content (AvgIpc) is 2.93. The van der Waals surface area contributed by atoms with Crippen LogP contribution in [0.25, 0.3) is 0 Å². The fourth-order valence-corrected chi connectivity index (χ4v) is 6.11. The van der Waals surface area contributed by atoms with E-state index in [0.717, 1.165) is 16.9 Å². The zero-order chi connectivity index (χ0) is 21.3. The molecule has 0 radical (unpaired) electrons. The Hall–Kier alpha value is -2.32. The molecule has 2 aliphatic heterocycles. The van der Waals surface area contributed by atoms with Gasteiger partial charge in [0.15, 0.2) is 9.84 Å². The smallest absolute Gasteiger partial charge is 0.225 e. The molecule has 30 heavy (non-hydrogen) atoms. The van der Waals surface area contributed by atoms with Crippen LogP contribution in [-0.4, -0.2) is 42.7 Å². The van der Waals surface area contributed by atoms with Crippen molar-refractivity contribution in [1.82, 2.24) is 4.90 Å². The summed E-state index contributed by atoms with van der Waals surface area (Å²) < 4.78 is 26.2. The normalized spacial score (nSPS) is 17.4. The number of sulfone groups is 1. The predicted octanol–water partition coefficient (Wildman–Crippen LogP) is 3.26. The van der Waals surface area contributed by atoms with Crippen LogP contribution in [0.2, 0.25) is 0 Å². The Morgan fingerprint density at radius 1 is 1.17 bits per heavy atom. The van der Waals surface area contributed by atoms with Gasteiger partial charge in [-0.3, -0.25) is 9.59 Å². The summed E-state index contributed by atoms with van der Waals surface area (Å²) in [4.78, 5) is 27.4. The van der Waals surface area contributed by atoms with Crippen molar-refractivity contribution in [2.45, 2.75) is 47.8 Å². The lowest BCUT2D eigenvalue weighted by Crippen LogP contribution is -2.38. The van der Waals surface area contributed by atoms with Crippen LogP contribution in [-0.2, 0) is 32.4 Å². The van der Waals surface area contributed by atoms with E-state index < -0.39 is 15.1 Å². The van der Waals surface area contributed by atoms with Crippen molar-refractivity contribution < 1.29 is 18.0 Å². The number of anilines is 1. The minimum absolute atomic E-state index is 0.0668. The van der Waals surface area contributed by atoms with E-state index in [-0.39, 0.29) is 23.1 Å². The van der Waals surface area contributed by atoms with Gasteiger partial charge in [0.2, 0.25) is 11.8 Å². The third-order valence-electron chi connectivity index (χ3n) is 5.62. The van der Waals surface area contributed by atoms with Gasteiger partial charge in [-0.2, -0.15) is 0 Å². The molecule has 0 aromatic heterocycles. The highest BCUT2D eigenvalue weighted by molar-refractivity contribution is 7.99. The van der Waals surface area contributed by atoms with Crippen LogP contribution in [0.15, 0.2) is 52.3 Å². The van der Waals surface area contributed by atoms with E-state index in [0.29, 0.717) is 31.0 Å². The van der Waals surface area contributed by atoms with Crippen LogP contribution >= 0.6 is 11.8 Å². The summed E-state index contributed by atoms with van der Waals surface area (Å²) in [6.07, 6.45) is 1.11. The number of fused-ring (bicyclic) bond motifs is 2. The maximum absolute atomic E-state index is 13.1. The Balaban J connectivity index is 1.48. The van der Waals surface area contributed by atoms with Crippen molar-refractivity contribution >= 4 is 39.1 Å². The van der Waals surface area contributed by atoms with E-state index in [1.807, 2.05) is 18.2 Å². The van der Waals surface area contributed by atoms with Gasteiger partial charge in [0.05, 0.1) is 15.8 Å². The lowest BCUT2D eigenvalue weighted by molar-refractivity contribution is -0.132. The SMILES string of the molecule is C[C@@H](CC(=O)N1CCc2ccccc2C1)S(=O)(=O)c1ccc2c(c1)NC(=O)CCS2. The molecule has 0 spiro atoms. The Bertz CT molecular complexity index is 1100. The number of hydrogen-bond donors (Lipinski definition) is 1. The zero-order valence-electron chi connectivity index (χ0n) is 16.8. The number of nitrogens with zero attached hydrogens (tertiary/aromatic N) is 1. The van der Waals surface area contributed by atoms with Crippen molar-refractivity contribution in [3.63, 3.8) is 0 Å². The Morgan fingerprint density at radius 2 is 1.93 bits per heavy atom. The van der Waals surface area contributed by atoms with E-state index in [2.05, 4.69) is 11.4 Å². The molecule has 0 fully saturated rings. The first-order valence-corrected chi connectivity index (χ1v) is 12.5. The van der Waals surface area contributed by atoms with Crippen LogP contribution in [0, 0.1) is 0 Å². The molecule has 6 nitrogen and oxygen atoms in total. The van der Waals surface area contributed by atoms with Crippen LogP contribution < -0.4 is 5.32 Å². The Morgan fingerprint density at radius 3 is 2.73 bits per heavy atom. The second-order valence-corrected chi connectivity index (χ2v) is 11.2. The molecule has 0 saturated heterocycles. The Kier molecular flexibility index (Phi) is 5.88. The van der Waals surface area contributed by atoms with Crippen molar-refractivity contribution in [3.8, 4) is 0 Å². The highest BCUT2D eigenvalue weighted by atomic mass is 32.2. The van der Waals surface area contributed by atoms with Crippen molar-refractivity contribution in [2.24, 2.45) is 0 Å². The molecule has 2 aromatic rings. The molecule has 0 saturated carbocycles. The van der Waals surface area contributed by atoms with Gasteiger partial charge in [0.25, 0.3) is 0 Å². The summed E-state index contributed by atoms with van der Waals surface area (Å²) in [5.74, 6) is 0.387. The van der Waals surface area contributed by atoms with Gasteiger partial charge in [-0.25, -0.2) is 8.42 Å². The van der Waals surface area contributed by atoms with Gasteiger partial charge in [0, 0.05) is 36.6 Å². The molecule has 1 N–H and O–H groups in total. The van der Waals surface area contributed by atoms with Crippen LogP contribution in [0.4, 0.5) is 5.69 Å². The number of thioether (sulfide) groups is 1. The molecule has 0 unspecified atom stereocenters. The molecule has 158 valence electrons. The lowest BCUT2D eigenvalue weighted by atomic mass is 10.00. The highest BCUT2D eigenvalue weighted by Crippen LogP contribution is 2.34. The van der Waals surface area contributed by atoms with Crippen LogP contribution in [0.1, 0.15) is 30.9 Å². The van der Waals surface area contributed by atoms with E-state index in [1.165, 1.54) is 23.4 Å². The van der Waals surface area contributed by atoms with Crippen molar-refractivity contribution in [1.29, 1.82) is 0 Å². The molecule has 0 bridgehead atoms. The number of benzene rings is 2. The molecule has 2 amide bonds. The van der Waals surface area contributed by atoms with Gasteiger partial charge < -0.3 is 10.2 Å². The first-order chi connectivity index (χ1) is 14.3. The number of hydrogen-bond acceptors (Lipinski definition) is 5. The van der Waals surface area contributed by atoms with Gasteiger partial charge in [-0.15, -0.1) is 11.8 Å². The molecule has 1 atom stereocenters. The van der Waals surface area contributed by atoms with Crippen molar-refractivity contribution in [2.75, 3.05) is 17.6 Å². The molecule has 2 aromatic carbocycles. The second-order valence-electron chi connectivity index (χ2n) is 7.70. The fourth-order valence-electron chi connectivity index (χ4n) is 3.80. The monoisotopic (exact) mass is 444 g/mol. The number of carbonyl (C=O) groups is 2.